The van der Waals surface area contributed by atoms with E-state index in [1.165, 1.54) is 25.3 Å². The molecular formula is C26H24F2N4O. The van der Waals surface area contributed by atoms with Crippen LogP contribution in [0.5, 0.6) is 5.75 Å². The SMILES string of the molecule is COc1cc(-c2ccc(F)c(F)c2)cc2c(NC3CCCCC3)nc(-c3cccnc3)nc12. The molecule has 7 heteroatoms. The normalized spacial score (nSPS) is 14.4. The molecule has 0 saturated heterocycles. The highest BCUT2D eigenvalue weighted by molar-refractivity contribution is 5.98. The molecule has 0 bridgehead atoms. The standard InChI is InChI=1S/C26H24F2N4O/c1-33-23-14-18(16-9-10-21(27)22(28)13-16)12-20-24(23)31-25(17-6-5-11-29-15-17)32-26(20)30-19-7-3-2-4-8-19/h5-6,9-15,19H,2-4,7-8H2,1H3,(H,30,31,32). The number of methoxy groups -OCH3 is 1. The van der Waals surface area contributed by atoms with Gasteiger partial charge in [-0.1, -0.05) is 25.3 Å². The van der Waals surface area contributed by atoms with E-state index in [2.05, 4.69) is 10.3 Å². The van der Waals surface area contributed by atoms with Crippen LogP contribution in [0.1, 0.15) is 32.1 Å². The van der Waals surface area contributed by atoms with Crippen LogP contribution in [0.4, 0.5) is 14.6 Å². The molecule has 2 aromatic carbocycles. The van der Waals surface area contributed by atoms with Gasteiger partial charge in [-0.15, -0.1) is 0 Å². The molecule has 1 saturated carbocycles. The van der Waals surface area contributed by atoms with Crippen molar-refractivity contribution < 1.29 is 13.5 Å². The van der Waals surface area contributed by atoms with Gasteiger partial charge in [0.15, 0.2) is 17.5 Å². The molecule has 168 valence electrons. The Labute approximate surface area is 190 Å². The van der Waals surface area contributed by atoms with E-state index in [9.17, 15) is 8.78 Å². The van der Waals surface area contributed by atoms with Gasteiger partial charge in [-0.3, -0.25) is 4.98 Å². The van der Waals surface area contributed by atoms with E-state index in [1.54, 1.807) is 31.6 Å². The highest BCUT2D eigenvalue weighted by Gasteiger charge is 2.20. The summed E-state index contributed by atoms with van der Waals surface area (Å²) in [4.78, 5) is 13.8. The number of aromatic nitrogens is 3. The lowest BCUT2D eigenvalue weighted by atomic mass is 9.95. The Morgan fingerprint density at radius 3 is 2.48 bits per heavy atom. The van der Waals surface area contributed by atoms with Crippen LogP contribution in [0, 0.1) is 11.6 Å². The van der Waals surface area contributed by atoms with Crippen molar-refractivity contribution in [1.29, 1.82) is 0 Å². The average molecular weight is 447 g/mol. The molecule has 2 heterocycles. The minimum absolute atomic E-state index is 0.316. The number of fused-ring (bicyclic) bond motifs is 1. The first-order chi connectivity index (χ1) is 16.1. The fraction of sp³-hybridized carbons (Fsp3) is 0.269. The predicted molar refractivity (Wildman–Crippen MR) is 125 cm³/mol. The molecule has 5 rings (SSSR count). The number of hydrogen-bond donors (Lipinski definition) is 1. The fourth-order valence-corrected chi connectivity index (χ4v) is 4.37. The zero-order valence-corrected chi connectivity index (χ0v) is 18.3. The molecule has 1 fully saturated rings. The zero-order chi connectivity index (χ0) is 22.8. The Morgan fingerprint density at radius 1 is 0.909 bits per heavy atom. The van der Waals surface area contributed by atoms with E-state index in [4.69, 9.17) is 14.7 Å². The van der Waals surface area contributed by atoms with Gasteiger partial charge in [-0.25, -0.2) is 18.7 Å². The van der Waals surface area contributed by atoms with Crippen molar-refractivity contribution in [1.82, 2.24) is 15.0 Å². The van der Waals surface area contributed by atoms with Crippen LogP contribution in [-0.2, 0) is 0 Å². The number of halogens is 2. The summed E-state index contributed by atoms with van der Waals surface area (Å²) in [5, 5.41) is 4.39. The lowest BCUT2D eigenvalue weighted by Gasteiger charge is -2.24. The Balaban J connectivity index is 1.70. The van der Waals surface area contributed by atoms with Crippen LogP contribution in [0.3, 0.4) is 0 Å². The second-order valence-electron chi connectivity index (χ2n) is 8.32. The molecule has 1 aliphatic rings. The van der Waals surface area contributed by atoms with Gasteiger partial charge in [0.2, 0.25) is 0 Å². The van der Waals surface area contributed by atoms with Gasteiger partial charge in [0.25, 0.3) is 0 Å². The summed E-state index contributed by atoms with van der Waals surface area (Å²) < 4.78 is 33.1. The van der Waals surface area contributed by atoms with Crippen LogP contribution in [0.2, 0.25) is 0 Å². The summed E-state index contributed by atoms with van der Waals surface area (Å²) in [6.45, 7) is 0. The van der Waals surface area contributed by atoms with Crippen molar-refractivity contribution in [3.8, 4) is 28.3 Å². The van der Waals surface area contributed by atoms with E-state index < -0.39 is 11.6 Å². The maximum Gasteiger partial charge on any atom is 0.163 e. The van der Waals surface area contributed by atoms with E-state index >= 15 is 0 Å². The molecule has 0 atom stereocenters. The number of benzene rings is 2. The lowest BCUT2D eigenvalue weighted by molar-refractivity contribution is 0.419. The van der Waals surface area contributed by atoms with Gasteiger partial charge in [-0.05, 0) is 60.4 Å². The Bertz CT molecular complexity index is 1290. The predicted octanol–water partition coefficient (Wildman–Crippen LogP) is 6.39. The van der Waals surface area contributed by atoms with Crippen LogP contribution >= 0.6 is 0 Å². The number of pyridine rings is 1. The second kappa shape index (κ2) is 9.10. The van der Waals surface area contributed by atoms with Crippen molar-refractivity contribution in [3.05, 3.63) is 66.5 Å². The third-order valence-electron chi connectivity index (χ3n) is 6.10. The van der Waals surface area contributed by atoms with Gasteiger partial charge in [-0.2, -0.15) is 0 Å². The van der Waals surface area contributed by atoms with Crippen molar-refractivity contribution in [2.24, 2.45) is 0 Å². The number of rotatable bonds is 5. The van der Waals surface area contributed by atoms with Crippen molar-refractivity contribution in [2.75, 3.05) is 12.4 Å². The van der Waals surface area contributed by atoms with E-state index in [-0.39, 0.29) is 0 Å². The van der Waals surface area contributed by atoms with E-state index in [0.717, 1.165) is 29.9 Å². The number of ether oxygens (including phenoxy) is 1. The van der Waals surface area contributed by atoms with Gasteiger partial charge < -0.3 is 10.1 Å². The molecule has 33 heavy (non-hydrogen) atoms. The molecule has 4 aromatic rings. The third kappa shape index (κ3) is 4.35. The van der Waals surface area contributed by atoms with Gasteiger partial charge in [0.1, 0.15) is 17.1 Å². The summed E-state index contributed by atoms with van der Waals surface area (Å²) >= 11 is 0. The zero-order valence-electron chi connectivity index (χ0n) is 18.3. The summed E-state index contributed by atoms with van der Waals surface area (Å²) in [6.07, 6.45) is 9.20. The lowest BCUT2D eigenvalue weighted by Crippen LogP contribution is -2.23. The quantitative estimate of drug-likeness (QED) is 0.385. The summed E-state index contributed by atoms with van der Waals surface area (Å²) in [5.74, 6) is 0.0126. The van der Waals surface area contributed by atoms with Gasteiger partial charge >= 0.3 is 0 Å². The molecule has 5 nitrogen and oxygen atoms in total. The van der Waals surface area contributed by atoms with Crippen LogP contribution in [0.25, 0.3) is 33.4 Å². The summed E-state index contributed by atoms with van der Waals surface area (Å²) in [6, 6.07) is 11.7. The molecule has 0 radical (unpaired) electrons. The third-order valence-corrected chi connectivity index (χ3v) is 6.10. The van der Waals surface area contributed by atoms with Crippen LogP contribution < -0.4 is 10.1 Å². The fourth-order valence-electron chi connectivity index (χ4n) is 4.37. The highest BCUT2D eigenvalue weighted by Crippen LogP contribution is 2.37. The minimum atomic E-state index is -0.893. The first kappa shape index (κ1) is 21.2. The first-order valence-corrected chi connectivity index (χ1v) is 11.1. The van der Waals surface area contributed by atoms with Gasteiger partial charge in [0, 0.05) is 29.4 Å². The Kier molecular flexibility index (Phi) is 5.86. The smallest absolute Gasteiger partial charge is 0.163 e. The highest BCUT2D eigenvalue weighted by atomic mass is 19.2. The summed E-state index contributed by atoms with van der Waals surface area (Å²) in [5.41, 5.74) is 2.70. The number of nitrogens with zero attached hydrogens (tertiary/aromatic N) is 3. The Morgan fingerprint density at radius 2 is 1.76 bits per heavy atom. The number of anilines is 1. The van der Waals surface area contributed by atoms with Crippen molar-refractivity contribution in [2.45, 2.75) is 38.1 Å². The molecule has 0 unspecified atom stereocenters. The largest absolute Gasteiger partial charge is 0.494 e. The van der Waals surface area contributed by atoms with Crippen molar-refractivity contribution >= 4 is 16.7 Å². The average Bonchev–Trinajstić information content (AvgIpc) is 2.86. The maximum atomic E-state index is 13.9. The van der Waals surface area contributed by atoms with Crippen LogP contribution in [0.15, 0.2) is 54.9 Å². The number of hydrogen-bond acceptors (Lipinski definition) is 5. The second-order valence-corrected chi connectivity index (χ2v) is 8.32. The first-order valence-electron chi connectivity index (χ1n) is 11.1. The Hall–Kier alpha value is -3.61. The molecular weight excluding hydrogens is 422 g/mol. The molecule has 1 N–H and O–H groups in total. The topological polar surface area (TPSA) is 59.9 Å². The molecule has 1 aliphatic carbocycles. The number of nitrogens with one attached hydrogen (secondary N) is 1. The van der Waals surface area contributed by atoms with E-state index in [1.807, 2.05) is 18.2 Å². The molecule has 0 amide bonds. The summed E-state index contributed by atoms with van der Waals surface area (Å²) in [7, 11) is 1.57. The molecule has 0 spiro atoms. The monoisotopic (exact) mass is 446 g/mol. The van der Waals surface area contributed by atoms with Crippen molar-refractivity contribution in [3.63, 3.8) is 0 Å². The van der Waals surface area contributed by atoms with Gasteiger partial charge in [0.05, 0.1) is 7.11 Å². The molecule has 2 aromatic heterocycles. The van der Waals surface area contributed by atoms with E-state index in [0.29, 0.717) is 40.1 Å². The maximum absolute atomic E-state index is 13.9. The molecule has 0 aliphatic heterocycles. The minimum Gasteiger partial charge on any atom is -0.494 e. The van der Waals surface area contributed by atoms with Crippen LogP contribution in [-0.4, -0.2) is 28.1 Å².